The van der Waals surface area contributed by atoms with Crippen molar-refractivity contribution in [3.63, 3.8) is 0 Å². The van der Waals surface area contributed by atoms with E-state index in [-0.39, 0.29) is 17.6 Å². The van der Waals surface area contributed by atoms with Crippen LogP contribution in [-0.2, 0) is 6.42 Å². The highest BCUT2D eigenvalue weighted by Gasteiger charge is 2.47. The maximum Gasteiger partial charge on any atom is 0.224 e. The Kier molecular flexibility index (Phi) is 5.47. The number of aliphatic hydroxyl groups excluding tert-OH is 1. The molecule has 1 aromatic carbocycles. The van der Waals surface area contributed by atoms with Crippen LogP contribution in [-0.4, -0.2) is 52.8 Å². The van der Waals surface area contributed by atoms with Crippen LogP contribution < -0.4 is 15.5 Å². The fourth-order valence-corrected chi connectivity index (χ4v) is 3.88. The highest BCUT2D eigenvalue weighted by molar-refractivity contribution is 5.81. The average molecular weight is 407 g/mol. The van der Waals surface area contributed by atoms with Gasteiger partial charge in [0.15, 0.2) is 5.82 Å². The molecule has 158 valence electrons. The third-order valence-corrected chi connectivity index (χ3v) is 6.17. The molecule has 2 heterocycles. The van der Waals surface area contributed by atoms with Gasteiger partial charge in [0.05, 0.1) is 23.5 Å². The summed E-state index contributed by atoms with van der Waals surface area (Å²) in [4.78, 5) is 15.7. The van der Waals surface area contributed by atoms with E-state index in [1.165, 1.54) is 5.56 Å². The zero-order chi connectivity index (χ0) is 21.3. The third-order valence-electron chi connectivity index (χ3n) is 6.17. The molecule has 0 saturated heterocycles. The van der Waals surface area contributed by atoms with Crippen molar-refractivity contribution < 1.29 is 5.11 Å². The number of hydrogen-bond donors (Lipinski definition) is 3. The van der Waals surface area contributed by atoms with E-state index in [4.69, 9.17) is 4.98 Å². The van der Waals surface area contributed by atoms with Crippen molar-refractivity contribution in [1.29, 1.82) is 0 Å². The highest BCUT2D eigenvalue weighted by Crippen LogP contribution is 2.43. The van der Waals surface area contributed by atoms with Gasteiger partial charge in [-0.3, -0.25) is 4.98 Å². The van der Waals surface area contributed by atoms with Crippen molar-refractivity contribution in [2.45, 2.75) is 38.8 Å². The number of fused-ring (bicyclic) bond motifs is 1. The number of nitrogens with zero attached hydrogens (tertiary/aromatic N) is 4. The predicted octanol–water partition coefficient (Wildman–Crippen LogP) is 3.32. The molecular formula is C23H30N6O. The van der Waals surface area contributed by atoms with Crippen LogP contribution in [0.1, 0.15) is 25.8 Å². The first-order valence-corrected chi connectivity index (χ1v) is 10.4. The van der Waals surface area contributed by atoms with Crippen LogP contribution in [0, 0.1) is 5.41 Å². The number of aromatic nitrogens is 3. The smallest absolute Gasteiger partial charge is 0.224 e. The third kappa shape index (κ3) is 3.89. The number of anilines is 3. The molecule has 0 amide bonds. The monoisotopic (exact) mass is 406 g/mol. The largest absolute Gasteiger partial charge is 0.392 e. The second-order valence-electron chi connectivity index (χ2n) is 8.76. The van der Waals surface area contributed by atoms with Crippen molar-refractivity contribution in [1.82, 2.24) is 15.0 Å². The van der Waals surface area contributed by atoms with Crippen LogP contribution in [0.4, 0.5) is 17.5 Å². The highest BCUT2D eigenvalue weighted by atomic mass is 16.3. The van der Waals surface area contributed by atoms with Crippen molar-refractivity contribution in [3.05, 3.63) is 48.3 Å². The molecule has 1 fully saturated rings. The molecule has 1 saturated carbocycles. The van der Waals surface area contributed by atoms with Gasteiger partial charge in [-0.15, -0.1) is 0 Å². The van der Waals surface area contributed by atoms with Crippen molar-refractivity contribution in [2.75, 3.05) is 36.2 Å². The first-order valence-electron chi connectivity index (χ1n) is 10.4. The second kappa shape index (κ2) is 8.07. The molecule has 1 aliphatic carbocycles. The summed E-state index contributed by atoms with van der Waals surface area (Å²) in [6.45, 7) is 4.86. The molecule has 4 rings (SSSR count). The van der Waals surface area contributed by atoms with Crippen LogP contribution in [0.5, 0.6) is 0 Å². The van der Waals surface area contributed by atoms with Crippen molar-refractivity contribution in [3.8, 4) is 0 Å². The molecule has 30 heavy (non-hydrogen) atoms. The van der Waals surface area contributed by atoms with Gasteiger partial charge in [0, 0.05) is 43.7 Å². The molecular weight excluding hydrogens is 376 g/mol. The number of aliphatic hydroxyl groups is 1. The van der Waals surface area contributed by atoms with E-state index in [1.54, 1.807) is 0 Å². The van der Waals surface area contributed by atoms with E-state index >= 15 is 0 Å². The number of hydrogen-bond acceptors (Lipinski definition) is 7. The van der Waals surface area contributed by atoms with Gasteiger partial charge in [0.1, 0.15) is 0 Å². The van der Waals surface area contributed by atoms with Crippen LogP contribution in [0.2, 0.25) is 0 Å². The van der Waals surface area contributed by atoms with E-state index in [2.05, 4.69) is 58.7 Å². The molecule has 1 aliphatic rings. The van der Waals surface area contributed by atoms with Gasteiger partial charge in [-0.05, 0) is 24.5 Å². The lowest BCUT2D eigenvalue weighted by atomic mass is 9.64. The predicted molar refractivity (Wildman–Crippen MR) is 122 cm³/mol. The topological polar surface area (TPSA) is 86.2 Å². The van der Waals surface area contributed by atoms with Crippen LogP contribution >= 0.6 is 0 Å². The fraction of sp³-hybridized carbons (Fsp3) is 0.435. The summed E-state index contributed by atoms with van der Waals surface area (Å²) in [6.07, 6.45) is 4.93. The summed E-state index contributed by atoms with van der Waals surface area (Å²) >= 11 is 0. The Morgan fingerprint density at radius 1 is 1.17 bits per heavy atom. The molecule has 7 heteroatoms. The zero-order valence-electron chi connectivity index (χ0n) is 18.1. The normalized spacial score (nSPS) is 19.9. The molecule has 1 unspecified atom stereocenters. The lowest BCUT2D eigenvalue weighted by Crippen LogP contribution is -2.57. The lowest BCUT2D eigenvalue weighted by molar-refractivity contribution is -0.0511. The molecule has 0 spiro atoms. The summed E-state index contributed by atoms with van der Waals surface area (Å²) < 4.78 is 0. The minimum atomic E-state index is -0.286. The maximum atomic E-state index is 10.1. The van der Waals surface area contributed by atoms with Crippen molar-refractivity contribution in [2.24, 2.45) is 5.41 Å². The van der Waals surface area contributed by atoms with Crippen LogP contribution in [0.3, 0.4) is 0 Å². The van der Waals surface area contributed by atoms with Gasteiger partial charge < -0.3 is 20.6 Å². The molecule has 2 aromatic heterocycles. The molecule has 0 bridgehead atoms. The summed E-state index contributed by atoms with van der Waals surface area (Å²) in [5.41, 5.74) is 2.99. The fourth-order valence-electron chi connectivity index (χ4n) is 3.88. The molecule has 3 aromatic rings. The van der Waals surface area contributed by atoms with E-state index < -0.39 is 0 Å². The Morgan fingerprint density at radius 2 is 1.97 bits per heavy atom. The standard InChI is InChI=1S/C23H30N6O/c1-23(2)18(13-19(23)30)27-21-17(29(3)4)14-26-22(28-21)25-12-10-16-8-5-7-15-9-6-11-24-20(15)16/h5-9,11,14,18-19,30H,10,12-13H2,1-4H3,(H2,25,26,27,28)/t18-,19?/m1/s1. The zero-order valence-corrected chi connectivity index (χ0v) is 18.1. The Labute approximate surface area is 177 Å². The molecule has 7 nitrogen and oxygen atoms in total. The van der Waals surface area contributed by atoms with Gasteiger partial charge in [0.25, 0.3) is 0 Å². The number of pyridine rings is 1. The van der Waals surface area contributed by atoms with E-state index in [0.29, 0.717) is 12.5 Å². The molecule has 2 atom stereocenters. The number of benzene rings is 1. The van der Waals surface area contributed by atoms with Gasteiger partial charge in [0.2, 0.25) is 5.95 Å². The Bertz CT molecular complexity index is 1030. The summed E-state index contributed by atoms with van der Waals surface area (Å²) in [5.74, 6) is 1.38. The second-order valence-corrected chi connectivity index (χ2v) is 8.76. The summed E-state index contributed by atoms with van der Waals surface area (Å²) in [7, 11) is 3.95. The first-order chi connectivity index (χ1) is 14.4. The van der Waals surface area contributed by atoms with Crippen LogP contribution in [0.15, 0.2) is 42.7 Å². The number of para-hydroxylation sites is 1. The lowest BCUT2D eigenvalue weighted by Gasteiger charge is -2.49. The molecule has 0 radical (unpaired) electrons. The summed E-state index contributed by atoms with van der Waals surface area (Å²) in [5, 5.41) is 18.1. The molecule has 3 N–H and O–H groups in total. The van der Waals surface area contributed by atoms with Gasteiger partial charge in [-0.25, -0.2) is 4.98 Å². The Balaban J connectivity index is 1.46. The van der Waals surface area contributed by atoms with Crippen molar-refractivity contribution >= 4 is 28.4 Å². The Hall–Kier alpha value is -2.93. The van der Waals surface area contributed by atoms with Gasteiger partial charge in [-0.1, -0.05) is 38.1 Å². The van der Waals surface area contributed by atoms with Gasteiger partial charge in [-0.2, -0.15) is 4.98 Å². The molecule has 0 aliphatic heterocycles. The SMILES string of the molecule is CN(C)c1cnc(NCCc2cccc3cccnc23)nc1N[C@@H]1CC(O)C1(C)C. The maximum absolute atomic E-state index is 10.1. The van der Waals surface area contributed by atoms with Gasteiger partial charge >= 0.3 is 0 Å². The average Bonchev–Trinajstić information content (AvgIpc) is 2.73. The van der Waals surface area contributed by atoms with Crippen LogP contribution in [0.25, 0.3) is 10.9 Å². The number of nitrogens with one attached hydrogen (secondary N) is 2. The Morgan fingerprint density at radius 3 is 2.70 bits per heavy atom. The quantitative estimate of drug-likeness (QED) is 0.555. The first kappa shape index (κ1) is 20.3. The van der Waals surface area contributed by atoms with E-state index in [9.17, 15) is 5.11 Å². The minimum Gasteiger partial charge on any atom is -0.392 e. The summed E-state index contributed by atoms with van der Waals surface area (Å²) in [6, 6.07) is 10.5. The van der Waals surface area contributed by atoms with E-state index in [0.717, 1.165) is 35.2 Å². The van der Waals surface area contributed by atoms with E-state index in [1.807, 2.05) is 37.5 Å². The number of rotatable bonds is 7. The minimum absolute atomic E-state index is 0.177.